The molecule has 96 valence electrons. The third kappa shape index (κ3) is 5.07. The smallest absolute Gasteiger partial charge is 0.394 e. The Labute approximate surface area is 91.3 Å². The van der Waals surface area contributed by atoms with Gasteiger partial charge in [-0.15, -0.1) is 0 Å². The number of carbonyl (C=O) groups excluding carboxylic acids is 1. The summed E-state index contributed by atoms with van der Waals surface area (Å²) in [7, 11) is -5.04. The summed E-state index contributed by atoms with van der Waals surface area (Å²) < 4.78 is 4.00. The van der Waals surface area contributed by atoms with Crippen molar-refractivity contribution in [1.29, 1.82) is 0 Å². The lowest BCUT2D eigenvalue weighted by molar-refractivity contribution is -0.142. The first-order valence-corrected chi connectivity index (χ1v) is 5.93. The number of carbonyl (C=O) groups is 1. The van der Waals surface area contributed by atoms with Gasteiger partial charge in [0.25, 0.3) is 0 Å². The number of aldehydes is 1. The summed E-state index contributed by atoms with van der Waals surface area (Å²) in [4.78, 5) is 35.9. The maximum atomic E-state index is 10.4. The molecule has 7 N–H and O–H groups in total. The lowest BCUT2D eigenvalue weighted by atomic mass is 10.0. The number of aliphatic hydroxyl groups excluding tert-OH is 4. The minimum atomic E-state index is -5.04. The monoisotopic (exact) mass is 258 g/mol. The third-order valence-corrected chi connectivity index (χ3v) is 2.28. The van der Waals surface area contributed by atoms with Gasteiger partial charge < -0.3 is 44.0 Å². The summed E-state index contributed by atoms with van der Waals surface area (Å²) in [5.41, 5.74) is 0. The van der Waals surface area contributed by atoms with Crippen LogP contribution < -0.4 is 0 Å². The topological polar surface area (TPSA) is 168 Å². The molecule has 0 rings (SSSR count). The maximum Gasteiger partial charge on any atom is 0.672 e. The summed E-state index contributed by atoms with van der Waals surface area (Å²) in [6, 6.07) is 0. The molecule has 0 aliphatic heterocycles. The quantitative estimate of drug-likeness (QED) is 0.175. The number of aliphatic hydroxyl groups is 4. The van der Waals surface area contributed by atoms with Crippen LogP contribution in [0, 0.1) is 0 Å². The van der Waals surface area contributed by atoms with E-state index in [1.807, 2.05) is 0 Å². The van der Waals surface area contributed by atoms with E-state index in [2.05, 4.69) is 4.43 Å². The van der Waals surface area contributed by atoms with Crippen molar-refractivity contribution < 1.29 is 44.0 Å². The fourth-order valence-corrected chi connectivity index (χ4v) is 1.45. The zero-order valence-corrected chi connectivity index (χ0v) is 9.04. The van der Waals surface area contributed by atoms with Crippen molar-refractivity contribution in [2.75, 3.05) is 6.61 Å². The molecule has 0 aromatic rings. The lowest BCUT2D eigenvalue weighted by Gasteiger charge is -2.26. The van der Waals surface area contributed by atoms with Gasteiger partial charge in [-0.3, -0.25) is 0 Å². The molecule has 0 aromatic carbocycles. The van der Waals surface area contributed by atoms with E-state index in [-0.39, 0.29) is 6.29 Å². The van der Waals surface area contributed by atoms with E-state index < -0.39 is 40.1 Å². The Morgan fingerprint density at radius 1 is 1.12 bits per heavy atom. The van der Waals surface area contributed by atoms with Gasteiger partial charge in [0.1, 0.15) is 24.4 Å². The van der Waals surface area contributed by atoms with Crippen molar-refractivity contribution in [3.8, 4) is 0 Å². The molecule has 0 amide bonds. The Morgan fingerprint density at radius 2 is 1.62 bits per heavy atom. The normalized spacial score (nSPS) is 19.9. The second kappa shape index (κ2) is 6.34. The van der Waals surface area contributed by atoms with Gasteiger partial charge in [-0.1, -0.05) is 0 Å². The van der Waals surface area contributed by atoms with E-state index in [0.29, 0.717) is 0 Å². The molecule has 0 aliphatic rings. The molecule has 4 atom stereocenters. The van der Waals surface area contributed by atoms with Crippen molar-refractivity contribution in [3.63, 3.8) is 0 Å². The largest absolute Gasteiger partial charge is 0.672 e. The lowest BCUT2D eigenvalue weighted by Crippen LogP contribution is -2.53. The van der Waals surface area contributed by atoms with Crippen molar-refractivity contribution in [3.05, 3.63) is 0 Å². The van der Waals surface area contributed by atoms with Crippen LogP contribution in [0.5, 0.6) is 0 Å². The van der Waals surface area contributed by atoms with Gasteiger partial charge in [0.05, 0.1) is 6.61 Å². The number of rotatable bonds is 7. The molecule has 16 heavy (non-hydrogen) atoms. The summed E-state index contributed by atoms with van der Waals surface area (Å²) in [5.74, 6) is 0. The highest BCUT2D eigenvalue weighted by Crippen LogP contribution is 2.09. The van der Waals surface area contributed by atoms with Crippen molar-refractivity contribution in [1.82, 2.24) is 0 Å². The predicted molar refractivity (Wildman–Crippen MR) is 48.5 cm³/mol. The first-order valence-electron chi connectivity index (χ1n) is 4.18. The molecule has 0 saturated heterocycles. The van der Waals surface area contributed by atoms with Crippen molar-refractivity contribution in [2.45, 2.75) is 24.4 Å². The van der Waals surface area contributed by atoms with E-state index >= 15 is 0 Å². The first kappa shape index (κ1) is 15.6. The van der Waals surface area contributed by atoms with Crippen LogP contribution in [0.15, 0.2) is 0 Å². The molecule has 0 bridgehead atoms. The fourth-order valence-electron chi connectivity index (χ4n) is 0.891. The van der Waals surface area contributed by atoms with E-state index in [1.54, 1.807) is 0 Å². The molecular weight excluding hydrogens is 244 g/mol. The highest BCUT2D eigenvalue weighted by atomic mass is 28.4. The minimum absolute atomic E-state index is 0.0949. The molecule has 0 spiro atoms. The Bertz CT molecular complexity index is 217. The average molecular weight is 258 g/mol. The Hall–Kier alpha value is -0.433. The summed E-state index contributed by atoms with van der Waals surface area (Å²) in [6.07, 6.45) is -7.76. The van der Waals surface area contributed by atoms with Crippen LogP contribution in [-0.2, 0) is 9.22 Å². The molecule has 0 heterocycles. The van der Waals surface area contributed by atoms with Crippen LogP contribution in [0.2, 0.25) is 0 Å². The number of hydrogen-bond acceptors (Lipinski definition) is 9. The van der Waals surface area contributed by atoms with Gasteiger partial charge in [0.2, 0.25) is 0 Å². The second-order valence-electron chi connectivity index (χ2n) is 3.02. The molecule has 9 nitrogen and oxygen atoms in total. The molecule has 0 aromatic heterocycles. The number of hydrogen-bond donors (Lipinski definition) is 7. The van der Waals surface area contributed by atoms with Gasteiger partial charge in [0, 0.05) is 0 Å². The van der Waals surface area contributed by atoms with E-state index in [1.165, 1.54) is 0 Å². The first-order chi connectivity index (χ1) is 7.22. The Kier molecular flexibility index (Phi) is 6.17. The highest BCUT2D eigenvalue weighted by molar-refractivity contribution is 6.48. The second-order valence-corrected chi connectivity index (χ2v) is 4.41. The van der Waals surface area contributed by atoms with Gasteiger partial charge >= 0.3 is 9.05 Å². The van der Waals surface area contributed by atoms with Crippen LogP contribution in [0.4, 0.5) is 0 Å². The Balaban J connectivity index is 4.52. The van der Waals surface area contributed by atoms with Crippen LogP contribution in [0.1, 0.15) is 0 Å². The van der Waals surface area contributed by atoms with Crippen LogP contribution >= 0.6 is 0 Å². The van der Waals surface area contributed by atoms with Gasteiger partial charge in [0.15, 0.2) is 6.29 Å². The highest BCUT2D eigenvalue weighted by Gasteiger charge is 2.40. The maximum absolute atomic E-state index is 10.4. The summed E-state index contributed by atoms with van der Waals surface area (Å²) in [5, 5.41) is 35.8. The van der Waals surface area contributed by atoms with Crippen LogP contribution in [-0.4, -0.2) is 81.2 Å². The molecular formula is C6H14O9Si. The molecule has 0 unspecified atom stereocenters. The predicted octanol–water partition coefficient (Wildman–Crippen LogP) is -4.94. The standard InChI is InChI=1S/C6H14O9Si/c7-1-3(9)5(10)6(11)4(2-8)15-16(12,13)14/h2-7,9-14H,1H2/t3-,4+,5-,6-/m1/s1. The van der Waals surface area contributed by atoms with Gasteiger partial charge in [-0.2, -0.15) is 0 Å². The van der Waals surface area contributed by atoms with E-state index in [0.717, 1.165) is 0 Å². The minimum Gasteiger partial charge on any atom is -0.394 e. The van der Waals surface area contributed by atoms with Crippen LogP contribution in [0.3, 0.4) is 0 Å². The van der Waals surface area contributed by atoms with Crippen molar-refractivity contribution >= 4 is 15.3 Å². The van der Waals surface area contributed by atoms with E-state index in [4.69, 9.17) is 29.7 Å². The fraction of sp³-hybridized carbons (Fsp3) is 0.833. The zero-order valence-electron chi connectivity index (χ0n) is 8.04. The molecule has 0 saturated carbocycles. The summed E-state index contributed by atoms with van der Waals surface area (Å²) in [6.45, 7) is -0.885. The average Bonchev–Trinajstić information content (AvgIpc) is 2.21. The molecule has 0 radical (unpaired) electrons. The SMILES string of the molecule is O=C[C@H](O[Si](O)(O)O)[C@@H](O)[C@H](O)[C@H](O)CO. The van der Waals surface area contributed by atoms with Crippen molar-refractivity contribution in [2.24, 2.45) is 0 Å². The molecule has 0 fully saturated rings. The molecule has 10 heteroatoms. The van der Waals surface area contributed by atoms with Gasteiger partial charge in [-0.05, 0) is 0 Å². The zero-order chi connectivity index (χ0) is 12.9. The van der Waals surface area contributed by atoms with E-state index in [9.17, 15) is 9.90 Å². The van der Waals surface area contributed by atoms with Crippen LogP contribution in [0.25, 0.3) is 0 Å². The summed E-state index contributed by atoms with van der Waals surface area (Å²) >= 11 is 0. The van der Waals surface area contributed by atoms with Gasteiger partial charge in [-0.25, -0.2) is 0 Å². The Morgan fingerprint density at radius 3 is 1.94 bits per heavy atom. The third-order valence-electron chi connectivity index (χ3n) is 1.70. The molecule has 0 aliphatic carbocycles.